The van der Waals surface area contributed by atoms with Crippen LogP contribution in [0.4, 0.5) is 10.5 Å². The summed E-state index contributed by atoms with van der Waals surface area (Å²) in [6.45, 7) is 2.90. The summed E-state index contributed by atoms with van der Waals surface area (Å²) in [4.78, 5) is 43.7. The predicted molar refractivity (Wildman–Crippen MR) is 157 cm³/mol. The van der Waals surface area contributed by atoms with E-state index in [1.807, 2.05) is 70.5 Å². The first-order valence-electron chi connectivity index (χ1n) is 14.7. The lowest BCUT2D eigenvalue weighted by Crippen LogP contribution is -2.50. The van der Waals surface area contributed by atoms with Gasteiger partial charge in [0.15, 0.2) is 0 Å². The average molecular weight is 539 g/mol. The largest absolute Gasteiger partial charge is 0.349 e. The van der Waals surface area contributed by atoms with Crippen molar-refractivity contribution < 1.29 is 14.4 Å². The van der Waals surface area contributed by atoms with Crippen molar-refractivity contribution in [2.24, 2.45) is 11.3 Å². The van der Waals surface area contributed by atoms with Crippen LogP contribution in [0.2, 0.25) is 0 Å². The summed E-state index contributed by atoms with van der Waals surface area (Å²) < 4.78 is 0. The Bertz CT molecular complexity index is 1380. The van der Waals surface area contributed by atoms with Crippen LogP contribution in [0.1, 0.15) is 55.3 Å². The Labute approximate surface area is 235 Å². The van der Waals surface area contributed by atoms with Gasteiger partial charge in [-0.1, -0.05) is 67.4 Å². The van der Waals surface area contributed by atoms with Crippen molar-refractivity contribution >= 4 is 34.3 Å². The fraction of sp³-hybridized carbons (Fsp3) is 0.424. The third-order valence-corrected chi connectivity index (χ3v) is 9.33. The number of nitrogens with zero attached hydrogens (tertiary/aromatic N) is 2. The van der Waals surface area contributed by atoms with E-state index in [1.54, 1.807) is 0 Å². The molecule has 7 heteroatoms. The summed E-state index contributed by atoms with van der Waals surface area (Å²) in [6.07, 6.45) is 6.50. The van der Waals surface area contributed by atoms with Crippen molar-refractivity contribution in [1.82, 2.24) is 15.1 Å². The quantitative estimate of drug-likeness (QED) is 0.449. The summed E-state index contributed by atoms with van der Waals surface area (Å²) in [5.41, 5.74) is 1.54. The molecule has 2 heterocycles. The number of hydrogen-bond acceptors (Lipinski definition) is 3. The Balaban J connectivity index is 1.04. The van der Waals surface area contributed by atoms with Crippen molar-refractivity contribution in [3.63, 3.8) is 0 Å². The zero-order chi connectivity index (χ0) is 27.5. The average Bonchev–Trinajstić information content (AvgIpc) is 3.41. The van der Waals surface area contributed by atoms with Crippen molar-refractivity contribution in [3.8, 4) is 0 Å². The summed E-state index contributed by atoms with van der Waals surface area (Å²) in [7, 11) is 0. The second-order valence-electron chi connectivity index (χ2n) is 11.8. The van der Waals surface area contributed by atoms with Gasteiger partial charge in [-0.05, 0) is 61.1 Å². The van der Waals surface area contributed by atoms with Crippen LogP contribution in [0.25, 0.3) is 10.8 Å². The van der Waals surface area contributed by atoms with Crippen LogP contribution >= 0.6 is 0 Å². The summed E-state index contributed by atoms with van der Waals surface area (Å²) in [5, 5.41) is 8.44. The summed E-state index contributed by atoms with van der Waals surface area (Å²) in [6, 6.07) is 23.1. The van der Waals surface area contributed by atoms with Gasteiger partial charge < -0.3 is 20.4 Å². The Morgan fingerprint density at radius 3 is 2.23 bits per heavy atom. The molecule has 2 saturated heterocycles. The highest BCUT2D eigenvalue weighted by Crippen LogP contribution is 2.42. The minimum Gasteiger partial charge on any atom is -0.349 e. The molecule has 1 saturated carbocycles. The molecule has 208 valence electrons. The van der Waals surface area contributed by atoms with E-state index in [0.29, 0.717) is 18.7 Å². The lowest BCUT2D eigenvalue weighted by Gasteiger charge is -2.40. The van der Waals surface area contributed by atoms with Gasteiger partial charge in [-0.2, -0.15) is 0 Å². The zero-order valence-electron chi connectivity index (χ0n) is 23.0. The molecule has 2 aliphatic heterocycles. The van der Waals surface area contributed by atoms with Gasteiger partial charge in [0.25, 0.3) is 5.91 Å². The van der Waals surface area contributed by atoms with Gasteiger partial charge in [-0.3, -0.25) is 9.59 Å². The highest BCUT2D eigenvalue weighted by Gasteiger charge is 2.45. The molecule has 0 radical (unpaired) electrons. The van der Waals surface area contributed by atoms with Crippen LogP contribution in [0.5, 0.6) is 0 Å². The lowest BCUT2D eigenvalue weighted by atomic mass is 9.77. The molecule has 3 fully saturated rings. The molecule has 0 bridgehead atoms. The molecule has 6 rings (SSSR count). The van der Waals surface area contributed by atoms with Gasteiger partial charge in [0.1, 0.15) is 0 Å². The van der Waals surface area contributed by atoms with Crippen LogP contribution in [-0.2, 0) is 4.79 Å². The van der Waals surface area contributed by atoms with E-state index < -0.39 is 0 Å². The molecule has 3 aromatic carbocycles. The molecule has 1 aliphatic carbocycles. The number of likely N-dealkylation sites (tertiary alicyclic amines) is 2. The Kier molecular flexibility index (Phi) is 7.46. The Morgan fingerprint density at radius 2 is 1.43 bits per heavy atom. The van der Waals surface area contributed by atoms with Crippen LogP contribution < -0.4 is 10.6 Å². The molecule has 0 aromatic heterocycles. The number of carbonyl (C=O) groups excluding carboxylic acids is 3. The third kappa shape index (κ3) is 5.42. The SMILES string of the molecule is O=C(N[C@@H]1CCCC[C@@H]1C(=O)N1CCC2(CCN(C(=O)Nc3cccc4ccccc34)CC2)C1)c1ccccc1. The second-order valence-corrected chi connectivity index (χ2v) is 11.8. The molecule has 40 heavy (non-hydrogen) atoms. The van der Waals surface area contributed by atoms with Gasteiger partial charge in [0, 0.05) is 43.2 Å². The number of benzene rings is 3. The molecule has 7 nitrogen and oxygen atoms in total. The smallest absolute Gasteiger partial charge is 0.321 e. The molecule has 3 aromatic rings. The van der Waals surface area contributed by atoms with Gasteiger partial charge in [0.05, 0.1) is 11.6 Å². The monoisotopic (exact) mass is 538 g/mol. The molecule has 1 spiro atoms. The number of anilines is 1. The first-order valence-corrected chi connectivity index (χ1v) is 14.7. The van der Waals surface area contributed by atoms with Crippen molar-refractivity contribution in [2.75, 3.05) is 31.5 Å². The van der Waals surface area contributed by atoms with E-state index in [4.69, 9.17) is 0 Å². The Hall–Kier alpha value is -3.87. The molecule has 3 aliphatic rings. The van der Waals surface area contributed by atoms with Crippen molar-refractivity contribution in [1.29, 1.82) is 0 Å². The topological polar surface area (TPSA) is 81.8 Å². The molecular formula is C33H38N4O3. The van der Waals surface area contributed by atoms with E-state index in [1.165, 1.54) is 0 Å². The number of carbonyl (C=O) groups is 3. The number of fused-ring (bicyclic) bond motifs is 1. The van der Waals surface area contributed by atoms with Crippen LogP contribution in [0.3, 0.4) is 0 Å². The third-order valence-electron chi connectivity index (χ3n) is 9.33. The zero-order valence-corrected chi connectivity index (χ0v) is 23.0. The highest BCUT2D eigenvalue weighted by molar-refractivity contribution is 6.01. The van der Waals surface area contributed by atoms with Crippen molar-refractivity contribution in [3.05, 3.63) is 78.4 Å². The van der Waals surface area contributed by atoms with E-state index in [-0.39, 0.29) is 35.2 Å². The first kappa shape index (κ1) is 26.4. The predicted octanol–water partition coefficient (Wildman–Crippen LogP) is 5.68. The molecule has 0 unspecified atom stereocenters. The van der Waals surface area contributed by atoms with Crippen molar-refractivity contribution in [2.45, 2.75) is 51.0 Å². The highest BCUT2D eigenvalue weighted by atomic mass is 16.2. The van der Waals surface area contributed by atoms with Crippen LogP contribution in [0, 0.1) is 11.3 Å². The normalized spacial score (nSPS) is 22.3. The van der Waals surface area contributed by atoms with E-state index in [9.17, 15) is 14.4 Å². The minimum atomic E-state index is -0.164. The van der Waals surface area contributed by atoms with Gasteiger partial charge in [-0.25, -0.2) is 4.79 Å². The lowest BCUT2D eigenvalue weighted by molar-refractivity contribution is -0.136. The maximum atomic E-state index is 13.7. The van der Waals surface area contributed by atoms with Crippen LogP contribution in [-0.4, -0.2) is 59.9 Å². The number of piperidine rings is 1. The number of amides is 4. The number of nitrogens with one attached hydrogen (secondary N) is 2. The molecule has 4 amide bonds. The second kappa shape index (κ2) is 11.3. The van der Waals surface area contributed by atoms with Gasteiger partial charge in [-0.15, -0.1) is 0 Å². The fourth-order valence-corrected chi connectivity index (χ4v) is 6.92. The maximum Gasteiger partial charge on any atom is 0.321 e. The fourth-order valence-electron chi connectivity index (χ4n) is 6.92. The van der Waals surface area contributed by atoms with E-state index in [2.05, 4.69) is 22.8 Å². The van der Waals surface area contributed by atoms with Gasteiger partial charge in [0.2, 0.25) is 5.91 Å². The number of urea groups is 1. The summed E-state index contributed by atoms with van der Waals surface area (Å²) >= 11 is 0. The minimum absolute atomic E-state index is 0.0589. The standard InChI is InChI=1S/C33H38N4O3/c38-30(25-10-2-1-3-11-25)34-29-15-7-6-14-27(29)31(39)37-22-19-33(23-37)17-20-36(21-18-33)32(40)35-28-16-8-12-24-9-4-5-13-26(24)28/h1-5,8-13,16,27,29H,6-7,14-15,17-23H2,(H,34,38)(H,35,40)/t27-,29+/m0/s1. The first-order chi connectivity index (χ1) is 19.5. The van der Waals surface area contributed by atoms with E-state index >= 15 is 0 Å². The molecular weight excluding hydrogens is 500 g/mol. The summed E-state index contributed by atoms with van der Waals surface area (Å²) in [5.74, 6) is -0.0773. The maximum absolute atomic E-state index is 13.7. The molecule has 2 atom stereocenters. The number of hydrogen-bond donors (Lipinski definition) is 2. The Morgan fingerprint density at radius 1 is 0.750 bits per heavy atom. The van der Waals surface area contributed by atoms with Crippen LogP contribution in [0.15, 0.2) is 72.8 Å². The van der Waals surface area contributed by atoms with E-state index in [0.717, 1.165) is 74.5 Å². The van der Waals surface area contributed by atoms with Gasteiger partial charge >= 0.3 is 6.03 Å². The number of rotatable bonds is 4. The molecule has 2 N–H and O–H groups in total.